The predicted molar refractivity (Wildman–Crippen MR) is 218 cm³/mol. The van der Waals surface area contributed by atoms with Gasteiger partial charge in [-0.25, -0.2) is 0 Å². The Morgan fingerprint density at radius 3 is 1.39 bits per heavy atom. The lowest BCUT2D eigenvalue weighted by Crippen LogP contribution is -2.61. The minimum Gasteiger partial charge on any atom is -0.311 e. The second kappa shape index (κ2) is 11.9. The summed E-state index contributed by atoms with van der Waals surface area (Å²) in [5, 5.41) is 0. The Labute approximate surface area is 302 Å². The SMILES string of the molecule is CC(C)(c1ccccc1)c1cc2c3c(c1)N(c1ccccc1C(C)(C)c1ccccc1)c1ccccc1B3c1ccccc1N2c1ccccc1. The van der Waals surface area contributed by atoms with Crippen LogP contribution in [0.4, 0.5) is 34.1 Å². The van der Waals surface area contributed by atoms with Crippen molar-refractivity contribution in [3.63, 3.8) is 0 Å². The molecule has 0 spiro atoms. The Bertz CT molecular complexity index is 2380. The molecule has 3 heteroatoms. The van der Waals surface area contributed by atoms with Crippen LogP contribution in [0, 0.1) is 0 Å². The van der Waals surface area contributed by atoms with Crippen LogP contribution in [0.3, 0.4) is 0 Å². The molecule has 246 valence electrons. The molecular formula is C48H41BN2. The van der Waals surface area contributed by atoms with Crippen molar-refractivity contribution in [3.05, 3.63) is 198 Å². The van der Waals surface area contributed by atoms with Crippen LogP contribution in [0.5, 0.6) is 0 Å². The molecular weight excluding hydrogens is 615 g/mol. The van der Waals surface area contributed by atoms with Crippen molar-refractivity contribution in [2.24, 2.45) is 0 Å². The minimum absolute atomic E-state index is 0.0850. The van der Waals surface area contributed by atoms with Gasteiger partial charge in [-0.05, 0) is 81.1 Å². The molecule has 0 saturated heterocycles. The van der Waals surface area contributed by atoms with Gasteiger partial charge in [0.25, 0.3) is 6.71 Å². The standard InChI is InChI=1S/C48H41BN2/c1-47(2,34-20-8-5-9-21-34)36-32-44-46-45(33-36)51(41-29-17-14-26-38(41)48(3,4)35-22-10-6-11-23-35)43-31-19-16-28-40(43)49(46)39-27-15-18-30-42(39)50(44)37-24-12-7-13-25-37/h5-33H,1-4H3. The van der Waals surface area contributed by atoms with E-state index in [1.807, 2.05) is 0 Å². The Morgan fingerprint density at radius 1 is 0.373 bits per heavy atom. The van der Waals surface area contributed by atoms with Gasteiger partial charge >= 0.3 is 0 Å². The molecule has 7 aromatic rings. The minimum atomic E-state index is -0.257. The highest BCUT2D eigenvalue weighted by atomic mass is 15.2. The average molecular weight is 657 g/mol. The van der Waals surface area contributed by atoms with Crippen LogP contribution in [0.2, 0.25) is 0 Å². The predicted octanol–water partition coefficient (Wildman–Crippen LogP) is 10.4. The molecule has 0 saturated carbocycles. The summed E-state index contributed by atoms with van der Waals surface area (Å²) >= 11 is 0. The molecule has 2 nitrogen and oxygen atoms in total. The maximum Gasteiger partial charge on any atom is 0.252 e. The van der Waals surface area contributed by atoms with Gasteiger partial charge in [-0.2, -0.15) is 0 Å². The van der Waals surface area contributed by atoms with Crippen LogP contribution < -0.4 is 26.2 Å². The fourth-order valence-electron chi connectivity index (χ4n) is 8.60. The van der Waals surface area contributed by atoms with Crippen molar-refractivity contribution in [1.29, 1.82) is 0 Å². The van der Waals surface area contributed by atoms with E-state index in [2.05, 4.69) is 213 Å². The Morgan fingerprint density at radius 2 is 0.804 bits per heavy atom. The summed E-state index contributed by atoms with van der Waals surface area (Å²) < 4.78 is 0. The van der Waals surface area contributed by atoms with E-state index in [0.29, 0.717) is 0 Å². The first-order valence-corrected chi connectivity index (χ1v) is 18.1. The summed E-state index contributed by atoms with van der Waals surface area (Å²) in [5.74, 6) is 0. The summed E-state index contributed by atoms with van der Waals surface area (Å²) in [6, 6.07) is 64.9. The second-order valence-electron chi connectivity index (χ2n) is 15.0. The molecule has 0 radical (unpaired) electrons. The third kappa shape index (κ3) is 4.87. The first kappa shape index (κ1) is 31.2. The lowest BCUT2D eigenvalue weighted by Gasteiger charge is -2.46. The van der Waals surface area contributed by atoms with E-state index in [1.165, 1.54) is 67.1 Å². The monoisotopic (exact) mass is 656 g/mol. The van der Waals surface area contributed by atoms with Crippen molar-refractivity contribution < 1.29 is 0 Å². The zero-order valence-corrected chi connectivity index (χ0v) is 29.7. The Kier molecular flexibility index (Phi) is 7.29. The molecule has 0 unspecified atom stereocenters. The molecule has 0 bridgehead atoms. The van der Waals surface area contributed by atoms with Crippen molar-refractivity contribution in [1.82, 2.24) is 0 Å². The molecule has 0 atom stereocenters. The van der Waals surface area contributed by atoms with Gasteiger partial charge in [-0.15, -0.1) is 0 Å². The lowest BCUT2D eigenvalue weighted by atomic mass is 9.33. The first-order valence-electron chi connectivity index (χ1n) is 18.1. The number of rotatable bonds is 6. The smallest absolute Gasteiger partial charge is 0.252 e. The molecule has 0 aromatic heterocycles. The highest BCUT2D eigenvalue weighted by Gasteiger charge is 2.45. The summed E-state index contributed by atoms with van der Waals surface area (Å²) in [5.41, 5.74) is 16.0. The molecule has 2 aliphatic heterocycles. The largest absolute Gasteiger partial charge is 0.311 e. The van der Waals surface area contributed by atoms with Crippen LogP contribution in [-0.2, 0) is 10.8 Å². The normalized spacial score (nSPS) is 13.4. The van der Waals surface area contributed by atoms with Crippen LogP contribution in [0.1, 0.15) is 49.9 Å². The fraction of sp³-hybridized carbons (Fsp3) is 0.125. The summed E-state index contributed by atoms with van der Waals surface area (Å²) in [6.07, 6.45) is 0. The van der Waals surface area contributed by atoms with Gasteiger partial charge in [0.1, 0.15) is 0 Å². The number of hydrogen-bond acceptors (Lipinski definition) is 2. The first-order chi connectivity index (χ1) is 24.9. The van der Waals surface area contributed by atoms with Crippen molar-refractivity contribution in [2.45, 2.75) is 38.5 Å². The Balaban J connectivity index is 1.39. The van der Waals surface area contributed by atoms with Gasteiger partial charge in [0.2, 0.25) is 0 Å². The lowest BCUT2D eigenvalue weighted by molar-refractivity contribution is 0.639. The van der Waals surface area contributed by atoms with Gasteiger partial charge in [0.05, 0.1) is 5.69 Å². The van der Waals surface area contributed by atoms with Crippen molar-refractivity contribution in [2.75, 3.05) is 9.80 Å². The molecule has 7 aromatic carbocycles. The quantitative estimate of drug-likeness (QED) is 0.164. The summed E-state index contributed by atoms with van der Waals surface area (Å²) in [7, 11) is 0. The van der Waals surface area contributed by atoms with Crippen molar-refractivity contribution >= 4 is 57.2 Å². The molecule has 0 N–H and O–H groups in total. The van der Waals surface area contributed by atoms with Gasteiger partial charge in [0, 0.05) is 39.3 Å². The van der Waals surface area contributed by atoms with Crippen molar-refractivity contribution in [3.8, 4) is 0 Å². The highest BCUT2D eigenvalue weighted by Crippen LogP contribution is 2.49. The summed E-state index contributed by atoms with van der Waals surface area (Å²) in [4.78, 5) is 5.08. The maximum atomic E-state index is 2.58. The molecule has 0 fully saturated rings. The van der Waals surface area contributed by atoms with Gasteiger partial charge in [-0.1, -0.05) is 161 Å². The number of benzene rings is 7. The zero-order chi connectivity index (χ0) is 34.7. The maximum absolute atomic E-state index is 2.58. The van der Waals surface area contributed by atoms with E-state index in [0.717, 1.165) is 5.69 Å². The number of fused-ring (bicyclic) bond motifs is 4. The molecule has 2 heterocycles. The van der Waals surface area contributed by atoms with E-state index in [-0.39, 0.29) is 17.5 Å². The average Bonchev–Trinajstić information content (AvgIpc) is 3.18. The molecule has 0 amide bonds. The van der Waals surface area contributed by atoms with Crippen LogP contribution in [0.15, 0.2) is 176 Å². The van der Waals surface area contributed by atoms with Crippen LogP contribution >= 0.6 is 0 Å². The van der Waals surface area contributed by atoms with E-state index in [9.17, 15) is 0 Å². The molecule has 51 heavy (non-hydrogen) atoms. The summed E-state index contributed by atoms with van der Waals surface area (Å²) in [6.45, 7) is 9.54. The van der Waals surface area contributed by atoms with Gasteiger partial charge in [-0.3, -0.25) is 0 Å². The van der Waals surface area contributed by atoms with E-state index < -0.39 is 0 Å². The second-order valence-corrected chi connectivity index (χ2v) is 15.0. The van der Waals surface area contributed by atoms with Crippen LogP contribution in [-0.4, -0.2) is 6.71 Å². The van der Waals surface area contributed by atoms with Crippen LogP contribution in [0.25, 0.3) is 0 Å². The topological polar surface area (TPSA) is 6.48 Å². The third-order valence-corrected chi connectivity index (χ3v) is 11.4. The number of hydrogen-bond donors (Lipinski definition) is 0. The third-order valence-electron chi connectivity index (χ3n) is 11.4. The van der Waals surface area contributed by atoms with E-state index >= 15 is 0 Å². The molecule has 2 aliphatic rings. The Hall–Kier alpha value is -5.80. The van der Waals surface area contributed by atoms with E-state index in [1.54, 1.807) is 0 Å². The number of nitrogens with zero attached hydrogens (tertiary/aromatic N) is 2. The molecule has 9 rings (SSSR count). The fourth-order valence-corrected chi connectivity index (χ4v) is 8.60. The van der Waals surface area contributed by atoms with Gasteiger partial charge in [0.15, 0.2) is 0 Å². The van der Waals surface area contributed by atoms with E-state index in [4.69, 9.17) is 0 Å². The molecule has 0 aliphatic carbocycles. The zero-order valence-electron chi connectivity index (χ0n) is 29.7. The highest BCUT2D eigenvalue weighted by molar-refractivity contribution is 7.00. The number of para-hydroxylation sites is 4. The number of anilines is 6. The van der Waals surface area contributed by atoms with Gasteiger partial charge < -0.3 is 9.80 Å².